The van der Waals surface area contributed by atoms with Gasteiger partial charge in [0.1, 0.15) is 12.2 Å². The van der Waals surface area contributed by atoms with E-state index in [0.29, 0.717) is 17.3 Å². The van der Waals surface area contributed by atoms with E-state index in [1.807, 2.05) is 29.4 Å². The zero-order valence-electron chi connectivity index (χ0n) is 12.0. The Balaban J connectivity index is 1.72. The molecule has 0 amide bonds. The van der Waals surface area contributed by atoms with E-state index in [-0.39, 0.29) is 0 Å². The Kier molecular flexibility index (Phi) is 4.14. The van der Waals surface area contributed by atoms with Crippen LogP contribution in [-0.2, 0) is 6.54 Å². The molecule has 1 aliphatic rings. The summed E-state index contributed by atoms with van der Waals surface area (Å²) in [5, 5.41) is 14.8. The van der Waals surface area contributed by atoms with Crippen molar-refractivity contribution in [3.63, 3.8) is 0 Å². The van der Waals surface area contributed by atoms with Gasteiger partial charge in [-0.2, -0.15) is 0 Å². The lowest BCUT2D eigenvalue weighted by Gasteiger charge is -2.27. The Bertz CT molecular complexity index is 575. The predicted octanol–water partition coefficient (Wildman–Crippen LogP) is 3.64. The molecule has 1 N–H and O–H groups in total. The normalized spacial score (nSPS) is 22.2. The number of aromatic nitrogens is 3. The molecule has 2 aromatic rings. The van der Waals surface area contributed by atoms with Crippen LogP contribution in [0.1, 0.15) is 50.7 Å². The van der Waals surface area contributed by atoms with E-state index in [9.17, 15) is 0 Å². The highest BCUT2D eigenvalue weighted by Gasteiger charge is 2.26. The molecule has 0 spiro atoms. The fourth-order valence-electron chi connectivity index (χ4n) is 2.58. The molecule has 0 fully saturated rings. The average Bonchev–Trinajstić information content (AvgIpc) is 3.03. The van der Waals surface area contributed by atoms with Gasteiger partial charge >= 0.3 is 0 Å². The number of hydrogen-bond acceptors (Lipinski definition) is 5. The highest BCUT2D eigenvalue weighted by atomic mass is 32.2. The molecule has 2 atom stereocenters. The van der Waals surface area contributed by atoms with Crippen molar-refractivity contribution in [1.29, 1.82) is 0 Å². The quantitative estimate of drug-likeness (QED) is 0.936. The number of fused-ring (bicyclic) bond motifs is 1. The van der Waals surface area contributed by atoms with Crippen molar-refractivity contribution in [2.45, 2.75) is 55.3 Å². The third-order valence-electron chi connectivity index (χ3n) is 3.62. The van der Waals surface area contributed by atoms with Crippen LogP contribution < -0.4 is 5.32 Å². The van der Waals surface area contributed by atoms with Crippen LogP contribution in [0.3, 0.4) is 0 Å². The van der Waals surface area contributed by atoms with Crippen LogP contribution in [0.4, 0.5) is 0 Å². The maximum absolute atomic E-state index is 4.23. The highest BCUT2D eigenvalue weighted by molar-refractivity contribution is 8.01. The molecular formula is C14H20N4S2. The van der Waals surface area contributed by atoms with Gasteiger partial charge in [0.05, 0.1) is 10.8 Å². The smallest absolute Gasteiger partial charge is 0.147 e. The van der Waals surface area contributed by atoms with Gasteiger partial charge in [0, 0.05) is 17.3 Å². The van der Waals surface area contributed by atoms with E-state index in [1.54, 1.807) is 0 Å². The van der Waals surface area contributed by atoms with Crippen molar-refractivity contribution < 1.29 is 0 Å². The van der Waals surface area contributed by atoms with Crippen LogP contribution in [-0.4, -0.2) is 20.0 Å². The molecule has 0 aliphatic carbocycles. The SMILES string of the molecule is CC(C)n1cnnc1CN[C@@H]1C[C@H](C)Sc2sccc21. The highest BCUT2D eigenvalue weighted by Crippen LogP contribution is 2.43. The third kappa shape index (κ3) is 2.77. The van der Waals surface area contributed by atoms with E-state index in [4.69, 9.17) is 0 Å². The topological polar surface area (TPSA) is 42.7 Å². The van der Waals surface area contributed by atoms with Gasteiger partial charge in [0.2, 0.25) is 0 Å². The summed E-state index contributed by atoms with van der Waals surface area (Å²) < 4.78 is 3.59. The summed E-state index contributed by atoms with van der Waals surface area (Å²) in [5.74, 6) is 1.02. The number of thiophene rings is 1. The average molecular weight is 308 g/mol. The van der Waals surface area contributed by atoms with E-state index < -0.39 is 0 Å². The molecule has 3 heterocycles. The maximum Gasteiger partial charge on any atom is 0.147 e. The molecular weight excluding hydrogens is 288 g/mol. The molecule has 0 saturated carbocycles. The number of nitrogens with one attached hydrogen (secondary N) is 1. The van der Waals surface area contributed by atoms with E-state index in [2.05, 4.69) is 52.3 Å². The van der Waals surface area contributed by atoms with Crippen LogP contribution >= 0.6 is 23.1 Å². The lowest BCUT2D eigenvalue weighted by molar-refractivity contribution is 0.461. The fraction of sp³-hybridized carbons (Fsp3) is 0.571. The Morgan fingerprint density at radius 1 is 1.50 bits per heavy atom. The molecule has 20 heavy (non-hydrogen) atoms. The Morgan fingerprint density at radius 2 is 2.35 bits per heavy atom. The van der Waals surface area contributed by atoms with Crippen LogP contribution in [0, 0.1) is 0 Å². The monoisotopic (exact) mass is 308 g/mol. The van der Waals surface area contributed by atoms with Gasteiger partial charge in [0.25, 0.3) is 0 Å². The summed E-state index contributed by atoms with van der Waals surface area (Å²) in [6.07, 6.45) is 2.99. The van der Waals surface area contributed by atoms with Crippen LogP contribution in [0.2, 0.25) is 0 Å². The first-order valence-electron chi connectivity index (χ1n) is 7.01. The van der Waals surface area contributed by atoms with Crippen LogP contribution in [0.25, 0.3) is 0 Å². The number of nitrogens with zero attached hydrogens (tertiary/aromatic N) is 3. The Labute approximate surface area is 128 Å². The Morgan fingerprint density at radius 3 is 3.15 bits per heavy atom. The molecule has 6 heteroatoms. The van der Waals surface area contributed by atoms with Gasteiger partial charge in [-0.25, -0.2) is 0 Å². The molecule has 0 radical (unpaired) electrons. The molecule has 3 rings (SSSR count). The minimum atomic E-state index is 0.402. The minimum Gasteiger partial charge on any atom is -0.314 e. The zero-order chi connectivity index (χ0) is 14.1. The van der Waals surface area contributed by atoms with E-state index in [0.717, 1.165) is 12.4 Å². The molecule has 0 saturated heterocycles. The maximum atomic E-state index is 4.23. The molecule has 4 nitrogen and oxygen atoms in total. The lowest BCUT2D eigenvalue weighted by Crippen LogP contribution is -2.27. The van der Waals surface area contributed by atoms with Crippen molar-refractivity contribution in [2.24, 2.45) is 0 Å². The van der Waals surface area contributed by atoms with E-state index in [1.165, 1.54) is 16.2 Å². The fourth-order valence-corrected chi connectivity index (χ4v) is 5.15. The second-order valence-corrected chi connectivity index (χ2v) is 8.13. The first-order chi connectivity index (χ1) is 9.65. The van der Waals surface area contributed by atoms with Crippen molar-refractivity contribution >= 4 is 23.1 Å². The molecule has 2 aromatic heterocycles. The van der Waals surface area contributed by atoms with Gasteiger partial charge in [-0.05, 0) is 37.3 Å². The van der Waals surface area contributed by atoms with Crippen molar-refractivity contribution in [3.05, 3.63) is 29.2 Å². The second kappa shape index (κ2) is 5.87. The summed E-state index contributed by atoms with van der Waals surface area (Å²) >= 11 is 3.85. The first-order valence-corrected chi connectivity index (χ1v) is 8.77. The minimum absolute atomic E-state index is 0.402. The summed E-state index contributed by atoms with van der Waals surface area (Å²) in [4.78, 5) is 0. The summed E-state index contributed by atoms with van der Waals surface area (Å²) in [5.41, 5.74) is 1.45. The molecule has 0 aromatic carbocycles. The summed E-state index contributed by atoms with van der Waals surface area (Å²) in [6, 6.07) is 3.09. The van der Waals surface area contributed by atoms with Crippen LogP contribution in [0.15, 0.2) is 22.0 Å². The van der Waals surface area contributed by atoms with Gasteiger partial charge in [0.15, 0.2) is 0 Å². The number of rotatable bonds is 4. The summed E-state index contributed by atoms with van der Waals surface area (Å²) in [6.45, 7) is 7.39. The largest absolute Gasteiger partial charge is 0.314 e. The lowest BCUT2D eigenvalue weighted by atomic mass is 10.0. The molecule has 1 aliphatic heterocycles. The zero-order valence-corrected chi connectivity index (χ0v) is 13.7. The molecule has 108 valence electrons. The van der Waals surface area contributed by atoms with Crippen molar-refractivity contribution in [2.75, 3.05) is 0 Å². The van der Waals surface area contributed by atoms with Gasteiger partial charge in [-0.3, -0.25) is 0 Å². The van der Waals surface area contributed by atoms with Gasteiger partial charge < -0.3 is 9.88 Å². The molecule has 0 unspecified atom stereocenters. The van der Waals surface area contributed by atoms with Gasteiger partial charge in [-0.1, -0.05) is 6.92 Å². The first kappa shape index (κ1) is 14.1. The summed E-state index contributed by atoms with van der Waals surface area (Å²) in [7, 11) is 0. The number of hydrogen-bond donors (Lipinski definition) is 1. The molecule has 0 bridgehead atoms. The van der Waals surface area contributed by atoms with Crippen molar-refractivity contribution in [3.8, 4) is 0 Å². The van der Waals surface area contributed by atoms with Crippen LogP contribution in [0.5, 0.6) is 0 Å². The Hall–Kier alpha value is -0.850. The number of thioether (sulfide) groups is 1. The second-order valence-electron chi connectivity index (χ2n) is 5.51. The van der Waals surface area contributed by atoms with Crippen molar-refractivity contribution in [1.82, 2.24) is 20.1 Å². The standard InChI is InChI=1S/C14H20N4S2/c1-9(2)18-8-16-17-13(18)7-15-12-6-10(3)20-14-11(12)4-5-19-14/h4-5,8-10,12,15H,6-7H2,1-3H3/t10-,12+/m0/s1. The third-order valence-corrected chi connectivity index (χ3v) is 5.96. The predicted molar refractivity (Wildman–Crippen MR) is 84.2 cm³/mol. The van der Waals surface area contributed by atoms with Gasteiger partial charge in [-0.15, -0.1) is 33.3 Å². The van der Waals surface area contributed by atoms with E-state index >= 15 is 0 Å².